The molecule has 0 atom stereocenters. The van der Waals surface area contributed by atoms with Crippen LogP contribution in [0.3, 0.4) is 0 Å². The zero-order chi connectivity index (χ0) is 29.3. The smallest absolute Gasteiger partial charge is 0.294 e. The van der Waals surface area contributed by atoms with E-state index in [9.17, 15) is 18.9 Å². The largest absolute Gasteiger partial charge is 0.484 e. The average Bonchev–Trinajstić information content (AvgIpc) is 3.32. The standard InChI is InChI=1S/C29H33F2N7O3/c1-18-13-23(36(4)12-11-35(2)3)24(38(39)40)14-22(18)33-29-32-15-25(41-17-26(30)31)27(34-29)21-16-37-10-6-8-19-7-5-9-20(21)28(19)37/h5,7,9,13-16,26H,6,8,10-12,17H2,1-4H3,(H,32,33,34). The van der Waals surface area contributed by atoms with E-state index in [1.807, 2.05) is 56.2 Å². The molecule has 12 heteroatoms. The number of hydrogen-bond acceptors (Lipinski definition) is 8. The van der Waals surface area contributed by atoms with E-state index in [0.29, 0.717) is 23.6 Å². The lowest BCUT2D eigenvalue weighted by Gasteiger charge is -2.22. The quantitative estimate of drug-likeness (QED) is 0.184. The summed E-state index contributed by atoms with van der Waals surface area (Å²) in [6.07, 6.45) is 2.65. The molecular weight excluding hydrogens is 532 g/mol. The number of nitrogens with zero attached hydrogens (tertiary/aromatic N) is 6. The number of benzene rings is 2. The molecule has 0 saturated heterocycles. The first-order valence-electron chi connectivity index (χ1n) is 13.4. The molecule has 0 aliphatic carbocycles. The Hall–Kier alpha value is -4.32. The molecule has 0 radical (unpaired) electrons. The highest BCUT2D eigenvalue weighted by atomic mass is 19.3. The minimum atomic E-state index is -2.66. The molecule has 0 spiro atoms. The first-order chi connectivity index (χ1) is 19.6. The predicted octanol–water partition coefficient (Wildman–Crippen LogP) is 5.65. The molecule has 4 aromatic rings. The average molecular weight is 566 g/mol. The Morgan fingerprint density at radius 1 is 1.22 bits per heavy atom. The van der Waals surface area contributed by atoms with Crippen molar-refractivity contribution in [2.75, 3.05) is 51.1 Å². The SMILES string of the molecule is Cc1cc(N(C)CCN(C)C)c([N+](=O)[O-])cc1Nc1ncc(OCC(F)F)c(-c2cn3c4c(cccc24)CCC3)n1. The molecule has 1 aliphatic heterocycles. The van der Waals surface area contributed by atoms with Gasteiger partial charge in [-0.15, -0.1) is 0 Å². The second-order valence-corrected chi connectivity index (χ2v) is 10.5. The van der Waals surface area contributed by atoms with Gasteiger partial charge in [-0.25, -0.2) is 18.7 Å². The normalized spacial score (nSPS) is 12.8. The lowest BCUT2D eigenvalue weighted by molar-refractivity contribution is -0.384. The second kappa shape index (κ2) is 11.7. The molecule has 0 fully saturated rings. The Labute approximate surface area is 236 Å². The van der Waals surface area contributed by atoms with E-state index < -0.39 is 18.0 Å². The molecule has 216 valence electrons. The third-order valence-electron chi connectivity index (χ3n) is 7.26. The lowest BCUT2D eigenvalue weighted by Crippen LogP contribution is -2.29. The van der Waals surface area contributed by atoms with E-state index in [4.69, 9.17) is 9.72 Å². The van der Waals surface area contributed by atoms with Gasteiger partial charge < -0.3 is 24.4 Å². The van der Waals surface area contributed by atoms with Gasteiger partial charge in [-0.1, -0.05) is 18.2 Å². The van der Waals surface area contributed by atoms with E-state index in [2.05, 4.69) is 20.9 Å². The van der Waals surface area contributed by atoms with Crippen molar-refractivity contribution in [3.05, 3.63) is 64.0 Å². The van der Waals surface area contributed by atoms with Gasteiger partial charge in [0.25, 0.3) is 12.1 Å². The lowest BCUT2D eigenvalue weighted by atomic mass is 10.0. The van der Waals surface area contributed by atoms with E-state index in [-0.39, 0.29) is 17.4 Å². The number of rotatable bonds is 11. The number of aryl methyl sites for hydroxylation is 3. The molecule has 2 aromatic carbocycles. The van der Waals surface area contributed by atoms with E-state index in [1.165, 1.54) is 17.8 Å². The minimum absolute atomic E-state index is 0.0505. The van der Waals surface area contributed by atoms with Crippen molar-refractivity contribution in [1.29, 1.82) is 0 Å². The third-order valence-corrected chi connectivity index (χ3v) is 7.26. The Bertz CT molecular complexity index is 1590. The van der Waals surface area contributed by atoms with Gasteiger partial charge in [0.2, 0.25) is 5.95 Å². The van der Waals surface area contributed by atoms with Gasteiger partial charge in [0.15, 0.2) is 5.75 Å². The molecule has 5 rings (SSSR count). The zero-order valence-electron chi connectivity index (χ0n) is 23.5. The maximum Gasteiger partial charge on any atom is 0.294 e. The van der Waals surface area contributed by atoms with Crippen LogP contribution in [0.25, 0.3) is 22.2 Å². The van der Waals surface area contributed by atoms with Crippen LogP contribution in [0.1, 0.15) is 17.5 Å². The summed E-state index contributed by atoms with van der Waals surface area (Å²) in [5, 5.41) is 16.1. The van der Waals surface area contributed by atoms with Crippen LogP contribution < -0.4 is 15.0 Å². The van der Waals surface area contributed by atoms with Crippen molar-refractivity contribution in [3.63, 3.8) is 0 Å². The summed E-state index contributed by atoms with van der Waals surface area (Å²) in [6, 6.07) is 9.31. The number of alkyl halides is 2. The summed E-state index contributed by atoms with van der Waals surface area (Å²) in [5.74, 6) is 0.308. The Morgan fingerprint density at radius 2 is 2.02 bits per heavy atom. The monoisotopic (exact) mass is 565 g/mol. The fourth-order valence-electron chi connectivity index (χ4n) is 5.19. The van der Waals surface area contributed by atoms with Gasteiger partial charge in [-0.2, -0.15) is 0 Å². The summed E-state index contributed by atoms with van der Waals surface area (Å²) in [7, 11) is 5.72. The Balaban J connectivity index is 1.54. The van der Waals surface area contributed by atoms with Crippen molar-refractivity contribution >= 4 is 33.9 Å². The number of para-hydroxylation sites is 1. The van der Waals surface area contributed by atoms with Crippen LogP contribution >= 0.6 is 0 Å². The molecule has 0 unspecified atom stereocenters. The minimum Gasteiger partial charge on any atom is -0.484 e. The number of ether oxygens (including phenoxy) is 1. The van der Waals surface area contributed by atoms with Crippen LogP contribution in [0, 0.1) is 17.0 Å². The second-order valence-electron chi connectivity index (χ2n) is 10.5. The predicted molar refractivity (Wildman–Crippen MR) is 156 cm³/mol. The molecule has 1 N–H and O–H groups in total. The molecule has 2 aromatic heterocycles. The fourth-order valence-corrected chi connectivity index (χ4v) is 5.19. The highest BCUT2D eigenvalue weighted by molar-refractivity contribution is 5.98. The number of halogens is 2. The number of nitro benzene ring substituents is 1. The van der Waals surface area contributed by atoms with Gasteiger partial charge in [-0.3, -0.25) is 10.1 Å². The maximum atomic E-state index is 13.1. The fraction of sp³-hybridized carbons (Fsp3) is 0.379. The van der Waals surface area contributed by atoms with Crippen LogP contribution in [0.2, 0.25) is 0 Å². The molecule has 10 nitrogen and oxygen atoms in total. The number of nitrogens with one attached hydrogen (secondary N) is 1. The third kappa shape index (κ3) is 5.92. The van der Waals surface area contributed by atoms with E-state index in [0.717, 1.165) is 48.0 Å². The molecular formula is C29H33F2N7O3. The van der Waals surface area contributed by atoms with Crippen LogP contribution in [0.4, 0.5) is 31.8 Å². The number of aromatic nitrogens is 3. The van der Waals surface area contributed by atoms with Gasteiger partial charge in [-0.05, 0) is 51.1 Å². The zero-order valence-corrected chi connectivity index (χ0v) is 23.5. The number of hydrogen-bond donors (Lipinski definition) is 1. The van der Waals surface area contributed by atoms with Crippen LogP contribution in [0.5, 0.6) is 5.75 Å². The van der Waals surface area contributed by atoms with Crippen molar-refractivity contribution in [2.24, 2.45) is 0 Å². The Kier molecular flexibility index (Phi) is 8.02. The molecule has 1 aliphatic rings. The van der Waals surface area contributed by atoms with Gasteiger partial charge >= 0.3 is 0 Å². The van der Waals surface area contributed by atoms with Crippen molar-refractivity contribution in [3.8, 4) is 17.0 Å². The highest BCUT2D eigenvalue weighted by Crippen LogP contribution is 2.39. The van der Waals surface area contributed by atoms with E-state index >= 15 is 0 Å². The summed E-state index contributed by atoms with van der Waals surface area (Å²) in [4.78, 5) is 24.5. The summed E-state index contributed by atoms with van der Waals surface area (Å²) in [6.45, 7) is 3.25. The number of likely N-dealkylation sites (N-methyl/N-ethyl adjacent to an activating group) is 2. The molecule has 3 heterocycles. The molecule has 0 bridgehead atoms. The van der Waals surface area contributed by atoms with Crippen LogP contribution in [-0.2, 0) is 13.0 Å². The topological polar surface area (TPSA) is 102 Å². The van der Waals surface area contributed by atoms with Crippen molar-refractivity contribution < 1.29 is 18.4 Å². The van der Waals surface area contributed by atoms with Gasteiger partial charge in [0, 0.05) is 49.9 Å². The van der Waals surface area contributed by atoms with Crippen LogP contribution in [-0.4, -0.2) is 71.6 Å². The Morgan fingerprint density at radius 3 is 2.76 bits per heavy atom. The summed E-state index contributed by atoms with van der Waals surface area (Å²) >= 11 is 0. The molecule has 41 heavy (non-hydrogen) atoms. The highest BCUT2D eigenvalue weighted by Gasteiger charge is 2.23. The molecule has 0 saturated carbocycles. The van der Waals surface area contributed by atoms with E-state index in [1.54, 1.807) is 6.07 Å². The molecule has 0 amide bonds. The maximum absolute atomic E-state index is 13.1. The van der Waals surface area contributed by atoms with Gasteiger partial charge in [0.1, 0.15) is 18.0 Å². The summed E-state index contributed by atoms with van der Waals surface area (Å²) in [5.41, 5.74) is 5.13. The first-order valence-corrected chi connectivity index (χ1v) is 13.4. The van der Waals surface area contributed by atoms with Gasteiger partial charge in [0.05, 0.1) is 22.3 Å². The van der Waals surface area contributed by atoms with Crippen molar-refractivity contribution in [1.82, 2.24) is 19.4 Å². The van der Waals surface area contributed by atoms with Crippen molar-refractivity contribution in [2.45, 2.75) is 32.7 Å². The number of nitro groups is 1. The number of anilines is 3. The summed E-state index contributed by atoms with van der Waals surface area (Å²) < 4.78 is 33.8. The van der Waals surface area contributed by atoms with Crippen LogP contribution in [0.15, 0.2) is 42.7 Å². The first kappa shape index (κ1) is 28.2.